The Bertz CT molecular complexity index is 324. The maximum atomic E-state index is 13.1. The molecule has 0 saturated carbocycles. The van der Waals surface area contributed by atoms with Gasteiger partial charge in [0.15, 0.2) is 0 Å². The molecule has 1 rings (SSSR count). The standard InChI is InChI=1S/C14H23FN2/c1-3-11(4-2)9-14(17-16)10-12-6-5-7-13(15)8-12/h5-8,11,14,17H,3-4,9-10,16H2,1-2H3. The van der Waals surface area contributed by atoms with Crippen LogP contribution in [0.15, 0.2) is 24.3 Å². The zero-order valence-corrected chi connectivity index (χ0v) is 10.7. The molecule has 3 heteroatoms. The number of hydrogen-bond donors (Lipinski definition) is 2. The van der Waals surface area contributed by atoms with E-state index in [1.54, 1.807) is 12.1 Å². The van der Waals surface area contributed by atoms with Crippen molar-refractivity contribution in [2.24, 2.45) is 11.8 Å². The second-order valence-corrected chi connectivity index (χ2v) is 4.62. The number of halogens is 1. The van der Waals surface area contributed by atoms with Crippen molar-refractivity contribution in [2.75, 3.05) is 0 Å². The molecule has 3 N–H and O–H groups in total. The SMILES string of the molecule is CCC(CC)CC(Cc1cccc(F)c1)NN. The summed E-state index contributed by atoms with van der Waals surface area (Å²) in [6.45, 7) is 4.40. The molecule has 0 aliphatic rings. The van der Waals surface area contributed by atoms with Crippen LogP contribution < -0.4 is 11.3 Å². The second kappa shape index (κ2) is 7.41. The van der Waals surface area contributed by atoms with Gasteiger partial charge in [0.1, 0.15) is 5.82 Å². The predicted octanol–water partition coefficient (Wildman–Crippen LogP) is 3.03. The van der Waals surface area contributed by atoms with Crippen molar-refractivity contribution in [3.05, 3.63) is 35.6 Å². The van der Waals surface area contributed by atoms with Crippen LogP contribution in [0.5, 0.6) is 0 Å². The largest absolute Gasteiger partial charge is 0.271 e. The van der Waals surface area contributed by atoms with E-state index < -0.39 is 0 Å². The molecule has 0 spiro atoms. The number of rotatable bonds is 7. The van der Waals surface area contributed by atoms with Crippen LogP contribution in [0.3, 0.4) is 0 Å². The molecule has 0 aliphatic heterocycles. The minimum absolute atomic E-state index is 0.180. The van der Waals surface area contributed by atoms with Crippen molar-refractivity contribution in [3.8, 4) is 0 Å². The van der Waals surface area contributed by atoms with E-state index in [9.17, 15) is 4.39 Å². The molecule has 0 aliphatic carbocycles. The van der Waals surface area contributed by atoms with Crippen LogP contribution in [0.2, 0.25) is 0 Å². The van der Waals surface area contributed by atoms with E-state index in [1.807, 2.05) is 6.07 Å². The van der Waals surface area contributed by atoms with E-state index in [2.05, 4.69) is 19.3 Å². The average Bonchev–Trinajstić information content (AvgIpc) is 2.34. The Morgan fingerprint density at radius 3 is 2.53 bits per heavy atom. The fourth-order valence-electron chi connectivity index (χ4n) is 2.18. The quantitative estimate of drug-likeness (QED) is 0.566. The van der Waals surface area contributed by atoms with Crippen LogP contribution in [0.4, 0.5) is 4.39 Å². The Balaban J connectivity index is 2.57. The molecule has 17 heavy (non-hydrogen) atoms. The van der Waals surface area contributed by atoms with Crippen LogP contribution in [0.1, 0.15) is 38.7 Å². The second-order valence-electron chi connectivity index (χ2n) is 4.62. The fraction of sp³-hybridized carbons (Fsp3) is 0.571. The molecule has 1 atom stereocenters. The normalized spacial score (nSPS) is 13.0. The maximum Gasteiger partial charge on any atom is 0.123 e. The minimum atomic E-state index is -0.180. The Hall–Kier alpha value is -0.930. The summed E-state index contributed by atoms with van der Waals surface area (Å²) in [5.74, 6) is 6.08. The smallest absolute Gasteiger partial charge is 0.123 e. The van der Waals surface area contributed by atoms with Gasteiger partial charge in [-0.15, -0.1) is 0 Å². The summed E-state index contributed by atoms with van der Waals surface area (Å²) in [6, 6.07) is 6.96. The number of nitrogens with one attached hydrogen (secondary N) is 1. The fourth-order valence-corrected chi connectivity index (χ4v) is 2.18. The Kier molecular flexibility index (Phi) is 6.16. The number of nitrogens with two attached hydrogens (primary N) is 1. The van der Waals surface area contributed by atoms with E-state index in [0.717, 1.165) is 31.2 Å². The van der Waals surface area contributed by atoms with Crippen molar-refractivity contribution in [1.29, 1.82) is 0 Å². The molecule has 0 heterocycles. The highest BCUT2D eigenvalue weighted by Gasteiger charge is 2.13. The first kappa shape index (κ1) is 14.1. The Morgan fingerprint density at radius 2 is 2.00 bits per heavy atom. The van der Waals surface area contributed by atoms with Gasteiger partial charge in [0.25, 0.3) is 0 Å². The van der Waals surface area contributed by atoms with Crippen LogP contribution in [0.25, 0.3) is 0 Å². The van der Waals surface area contributed by atoms with E-state index in [1.165, 1.54) is 6.07 Å². The van der Waals surface area contributed by atoms with Gasteiger partial charge in [-0.1, -0.05) is 38.8 Å². The molecule has 2 nitrogen and oxygen atoms in total. The van der Waals surface area contributed by atoms with Crippen LogP contribution >= 0.6 is 0 Å². The molecular formula is C14H23FN2. The van der Waals surface area contributed by atoms with E-state index in [-0.39, 0.29) is 11.9 Å². The predicted molar refractivity (Wildman–Crippen MR) is 69.9 cm³/mol. The van der Waals surface area contributed by atoms with Crippen LogP contribution in [0, 0.1) is 11.7 Å². The Morgan fingerprint density at radius 1 is 1.29 bits per heavy atom. The summed E-state index contributed by atoms with van der Waals surface area (Å²) < 4.78 is 13.1. The number of hydrogen-bond acceptors (Lipinski definition) is 2. The average molecular weight is 238 g/mol. The summed E-state index contributed by atoms with van der Waals surface area (Å²) in [6.07, 6.45) is 4.15. The van der Waals surface area contributed by atoms with Gasteiger partial charge in [0.05, 0.1) is 0 Å². The van der Waals surface area contributed by atoms with Crippen LogP contribution in [-0.4, -0.2) is 6.04 Å². The highest BCUT2D eigenvalue weighted by atomic mass is 19.1. The molecule has 0 saturated heterocycles. The van der Waals surface area contributed by atoms with Gasteiger partial charge in [-0.05, 0) is 36.5 Å². The van der Waals surface area contributed by atoms with Gasteiger partial charge >= 0.3 is 0 Å². The van der Waals surface area contributed by atoms with Gasteiger partial charge in [0.2, 0.25) is 0 Å². The molecule has 0 bridgehead atoms. The van der Waals surface area contributed by atoms with Crippen molar-refractivity contribution < 1.29 is 4.39 Å². The van der Waals surface area contributed by atoms with Gasteiger partial charge in [-0.2, -0.15) is 0 Å². The van der Waals surface area contributed by atoms with Gasteiger partial charge < -0.3 is 0 Å². The van der Waals surface area contributed by atoms with Crippen molar-refractivity contribution >= 4 is 0 Å². The number of hydrazine groups is 1. The highest BCUT2D eigenvalue weighted by molar-refractivity contribution is 5.17. The van der Waals surface area contributed by atoms with Crippen molar-refractivity contribution in [1.82, 2.24) is 5.43 Å². The molecule has 0 amide bonds. The third-order valence-electron chi connectivity index (χ3n) is 3.38. The summed E-state index contributed by atoms with van der Waals surface area (Å²) in [4.78, 5) is 0. The highest BCUT2D eigenvalue weighted by Crippen LogP contribution is 2.17. The maximum absolute atomic E-state index is 13.1. The van der Waals surface area contributed by atoms with Crippen molar-refractivity contribution in [2.45, 2.75) is 45.6 Å². The molecule has 1 aromatic rings. The molecule has 0 fully saturated rings. The minimum Gasteiger partial charge on any atom is -0.271 e. The molecular weight excluding hydrogens is 215 g/mol. The summed E-state index contributed by atoms with van der Waals surface area (Å²) in [7, 11) is 0. The zero-order chi connectivity index (χ0) is 12.7. The third kappa shape index (κ3) is 4.84. The van der Waals surface area contributed by atoms with Gasteiger partial charge in [-0.3, -0.25) is 11.3 Å². The van der Waals surface area contributed by atoms with E-state index in [0.29, 0.717) is 5.92 Å². The van der Waals surface area contributed by atoms with Crippen LogP contribution in [-0.2, 0) is 6.42 Å². The molecule has 0 radical (unpaired) electrons. The number of benzene rings is 1. The van der Waals surface area contributed by atoms with Gasteiger partial charge in [0, 0.05) is 6.04 Å². The molecule has 1 aromatic carbocycles. The van der Waals surface area contributed by atoms with Crippen molar-refractivity contribution in [3.63, 3.8) is 0 Å². The first-order valence-corrected chi connectivity index (χ1v) is 6.40. The molecule has 0 aromatic heterocycles. The lowest BCUT2D eigenvalue weighted by Crippen LogP contribution is -2.38. The lowest BCUT2D eigenvalue weighted by Gasteiger charge is -2.21. The summed E-state index contributed by atoms with van der Waals surface area (Å²) >= 11 is 0. The lowest BCUT2D eigenvalue weighted by atomic mass is 9.92. The van der Waals surface area contributed by atoms with E-state index in [4.69, 9.17) is 5.84 Å². The topological polar surface area (TPSA) is 38.0 Å². The summed E-state index contributed by atoms with van der Waals surface area (Å²) in [5, 5.41) is 0. The molecule has 1 unspecified atom stereocenters. The monoisotopic (exact) mass is 238 g/mol. The summed E-state index contributed by atoms with van der Waals surface area (Å²) in [5.41, 5.74) is 3.85. The first-order chi connectivity index (χ1) is 8.19. The zero-order valence-electron chi connectivity index (χ0n) is 10.7. The first-order valence-electron chi connectivity index (χ1n) is 6.40. The third-order valence-corrected chi connectivity index (χ3v) is 3.38. The Labute approximate surface area is 103 Å². The molecule has 96 valence electrons. The van der Waals surface area contributed by atoms with E-state index >= 15 is 0 Å². The van der Waals surface area contributed by atoms with Gasteiger partial charge in [-0.25, -0.2) is 4.39 Å². The lowest BCUT2D eigenvalue weighted by molar-refractivity contribution is 0.366.